The summed E-state index contributed by atoms with van der Waals surface area (Å²) in [4.78, 5) is 25.2. The van der Waals surface area contributed by atoms with Crippen LogP contribution in [0.1, 0.15) is 46.0 Å². The third kappa shape index (κ3) is 4.90. The second-order valence-corrected chi connectivity index (χ2v) is 4.74. The Morgan fingerprint density at radius 2 is 2.17 bits per heavy atom. The van der Waals surface area contributed by atoms with Gasteiger partial charge in [-0.1, -0.05) is 19.4 Å². The van der Waals surface area contributed by atoms with Crippen molar-refractivity contribution in [3.05, 3.63) is 11.6 Å². The summed E-state index contributed by atoms with van der Waals surface area (Å²) in [5, 5.41) is 2.85. The molecule has 1 saturated heterocycles. The predicted molar refractivity (Wildman–Crippen MR) is 72.1 cm³/mol. The number of carbonyl (C=O) groups excluding carboxylic acids is 2. The second-order valence-electron chi connectivity index (χ2n) is 4.74. The van der Waals surface area contributed by atoms with E-state index >= 15 is 0 Å². The van der Waals surface area contributed by atoms with Gasteiger partial charge in [-0.15, -0.1) is 0 Å². The van der Waals surface area contributed by atoms with Gasteiger partial charge >= 0.3 is 0 Å². The largest absolute Gasteiger partial charge is 0.351 e. The Labute approximate surface area is 109 Å². The number of allylic oxidation sites excluding steroid dienone is 1. The number of nitrogens with zero attached hydrogens (tertiary/aromatic N) is 1. The van der Waals surface area contributed by atoms with Crippen molar-refractivity contribution in [3.63, 3.8) is 0 Å². The van der Waals surface area contributed by atoms with Gasteiger partial charge in [0.1, 0.15) is 0 Å². The number of amides is 2. The Bertz CT molecular complexity index is 324. The number of hydrogen-bond donors (Lipinski definition) is 1. The van der Waals surface area contributed by atoms with E-state index in [4.69, 9.17) is 0 Å². The Hall–Kier alpha value is -1.32. The zero-order valence-corrected chi connectivity index (χ0v) is 11.5. The number of likely N-dealkylation sites (tertiary alicyclic amines) is 1. The van der Waals surface area contributed by atoms with Gasteiger partial charge in [-0.05, 0) is 26.2 Å². The highest BCUT2D eigenvalue weighted by Crippen LogP contribution is 2.10. The molecule has 18 heavy (non-hydrogen) atoms. The molecule has 4 heteroatoms. The van der Waals surface area contributed by atoms with Crippen molar-refractivity contribution in [2.75, 3.05) is 19.6 Å². The molecule has 0 radical (unpaired) electrons. The Balaban J connectivity index is 2.30. The fourth-order valence-corrected chi connectivity index (χ4v) is 2.12. The molecular formula is C14H24N2O2. The van der Waals surface area contributed by atoms with E-state index in [1.807, 2.05) is 24.8 Å². The van der Waals surface area contributed by atoms with E-state index in [9.17, 15) is 9.59 Å². The van der Waals surface area contributed by atoms with E-state index in [1.54, 1.807) is 0 Å². The van der Waals surface area contributed by atoms with Crippen LogP contribution in [0.5, 0.6) is 0 Å². The SMILES string of the molecule is CCC=C(C)C(=O)NCCN1CCCCCC1=O. The lowest BCUT2D eigenvalue weighted by atomic mass is 10.2. The van der Waals surface area contributed by atoms with Crippen LogP contribution in [0.15, 0.2) is 11.6 Å². The molecule has 0 spiro atoms. The summed E-state index contributed by atoms with van der Waals surface area (Å²) in [5.74, 6) is 0.196. The third-order valence-corrected chi connectivity index (χ3v) is 3.21. The van der Waals surface area contributed by atoms with Crippen LogP contribution in [-0.4, -0.2) is 36.3 Å². The van der Waals surface area contributed by atoms with Crippen molar-refractivity contribution in [1.82, 2.24) is 10.2 Å². The summed E-state index contributed by atoms with van der Waals surface area (Å²) >= 11 is 0. The number of nitrogens with one attached hydrogen (secondary N) is 1. The van der Waals surface area contributed by atoms with Crippen LogP contribution in [0.2, 0.25) is 0 Å². The van der Waals surface area contributed by atoms with Gasteiger partial charge < -0.3 is 10.2 Å². The molecule has 4 nitrogen and oxygen atoms in total. The van der Waals surface area contributed by atoms with E-state index in [-0.39, 0.29) is 11.8 Å². The molecule has 0 atom stereocenters. The van der Waals surface area contributed by atoms with Crippen molar-refractivity contribution >= 4 is 11.8 Å². The molecule has 0 aromatic carbocycles. The van der Waals surface area contributed by atoms with Gasteiger partial charge in [0.15, 0.2) is 0 Å². The lowest BCUT2D eigenvalue weighted by Gasteiger charge is -2.20. The second kappa shape index (κ2) is 7.90. The molecule has 1 fully saturated rings. The number of hydrogen-bond acceptors (Lipinski definition) is 2. The lowest BCUT2D eigenvalue weighted by Crippen LogP contribution is -2.38. The van der Waals surface area contributed by atoms with E-state index in [2.05, 4.69) is 5.32 Å². The molecule has 0 unspecified atom stereocenters. The summed E-state index contributed by atoms with van der Waals surface area (Å²) in [7, 11) is 0. The zero-order valence-electron chi connectivity index (χ0n) is 11.5. The first-order valence-corrected chi connectivity index (χ1v) is 6.88. The van der Waals surface area contributed by atoms with Crippen molar-refractivity contribution in [2.45, 2.75) is 46.0 Å². The zero-order chi connectivity index (χ0) is 13.4. The molecule has 1 heterocycles. The van der Waals surface area contributed by atoms with Gasteiger partial charge in [-0.3, -0.25) is 9.59 Å². The van der Waals surface area contributed by atoms with Crippen molar-refractivity contribution in [3.8, 4) is 0 Å². The van der Waals surface area contributed by atoms with Crippen molar-refractivity contribution in [2.24, 2.45) is 0 Å². The summed E-state index contributed by atoms with van der Waals surface area (Å²) in [6, 6.07) is 0. The maximum Gasteiger partial charge on any atom is 0.246 e. The highest BCUT2D eigenvalue weighted by atomic mass is 16.2. The van der Waals surface area contributed by atoms with Crippen molar-refractivity contribution in [1.29, 1.82) is 0 Å². The number of rotatable bonds is 5. The quantitative estimate of drug-likeness (QED) is 0.759. The minimum absolute atomic E-state index is 0.0286. The molecule has 0 aromatic rings. The molecule has 1 aliphatic rings. The van der Waals surface area contributed by atoms with Crippen LogP contribution in [0.3, 0.4) is 0 Å². The molecule has 1 rings (SSSR count). The summed E-state index contributed by atoms with van der Waals surface area (Å²) in [6.45, 7) is 5.82. The normalized spacial score (nSPS) is 17.6. The minimum Gasteiger partial charge on any atom is -0.351 e. The Morgan fingerprint density at radius 3 is 2.89 bits per heavy atom. The van der Waals surface area contributed by atoms with E-state index in [0.29, 0.717) is 19.5 Å². The molecule has 0 saturated carbocycles. The topological polar surface area (TPSA) is 49.4 Å². The highest BCUT2D eigenvalue weighted by Gasteiger charge is 2.16. The van der Waals surface area contributed by atoms with Crippen molar-refractivity contribution < 1.29 is 9.59 Å². The van der Waals surface area contributed by atoms with Gasteiger partial charge in [-0.25, -0.2) is 0 Å². The van der Waals surface area contributed by atoms with Crippen LogP contribution >= 0.6 is 0 Å². The van der Waals surface area contributed by atoms with Gasteiger partial charge in [0, 0.05) is 31.6 Å². The fraction of sp³-hybridized carbons (Fsp3) is 0.714. The van der Waals surface area contributed by atoms with E-state index in [0.717, 1.165) is 37.8 Å². The first-order valence-electron chi connectivity index (χ1n) is 6.88. The summed E-state index contributed by atoms with van der Waals surface area (Å²) < 4.78 is 0. The molecule has 0 aliphatic carbocycles. The standard InChI is InChI=1S/C14H24N2O2/c1-3-7-12(2)14(18)15-9-11-16-10-6-4-5-8-13(16)17/h7H,3-6,8-11H2,1-2H3,(H,15,18). The van der Waals surface area contributed by atoms with Crippen LogP contribution in [0.25, 0.3) is 0 Å². The molecule has 102 valence electrons. The molecular weight excluding hydrogens is 228 g/mol. The maximum absolute atomic E-state index is 11.7. The monoisotopic (exact) mass is 252 g/mol. The smallest absolute Gasteiger partial charge is 0.246 e. The Morgan fingerprint density at radius 1 is 1.39 bits per heavy atom. The maximum atomic E-state index is 11.7. The summed E-state index contributed by atoms with van der Waals surface area (Å²) in [5.41, 5.74) is 0.750. The minimum atomic E-state index is -0.0286. The first kappa shape index (κ1) is 14.7. The molecule has 2 amide bonds. The van der Waals surface area contributed by atoms with Gasteiger partial charge in [-0.2, -0.15) is 0 Å². The highest BCUT2D eigenvalue weighted by molar-refractivity contribution is 5.92. The van der Waals surface area contributed by atoms with Gasteiger partial charge in [0.2, 0.25) is 11.8 Å². The molecule has 0 bridgehead atoms. The third-order valence-electron chi connectivity index (χ3n) is 3.21. The van der Waals surface area contributed by atoms with E-state index in [1.165, 1.54) is 0 Å². The van der Waals surface area contributed by atoms with Gasteiger partial charge in [0.25, 0.3) is 0 Å². The predicted octanol–water partition coefficient (Wildman–Crippen LogP) is 1.86. The lowest BCUT2D eigenvalue weighted by molar-refractivity contribution is -0.131. The summed E-state index contributed by atoms with van der Waals surface area (Å²) in [6.07, 6.45) is 6.64. The fourth-order valence-electron chi connectivity index (χ4n) is 2.12. The Kier molecular flexibility index (Phi) is 6.47. The van der Waals surface area contributed by atoms with Gasteiger partial charge in [0.05, 0.1) is 0 Å². The molecule has 0 aromatic heterocycles. The van der Waals surface area contributed by atoms with Crippen LogP contribution in [0.4, 0.5) is 0 Å². The molecule has 1 aliphatic heterocycles. The van der Waals surface area contributed by atoms with Crippen LogP contribution < -0.4 is 5.32 Å². The number of carbonyl (C=O) groups is 2. The molecule has 1 N–H and O–H groups in total. The average Bonchev–Trinajstić information content (AvgIpc) is 2.55. The first-order chi connectivity index (χ1) is 8.65. The van der Waals surface area contributed by atoms with Crippen LogP contribution in [0, 0.1) is 0 Å². The van der Waals surface area contributed by atoms with Crippen LogP contribution in [-0.2, 0) is 9.59 Å². The van der Waals surface area contributed by atoms with E-state index < -0.39 is 0 Å². The average molecular weight is 252 g/mol.